The van der Waals surface area contributed by atoms with Gasteiger partial charge in [-0.1, -0.05) is 0 Å². The van der Waals surface area contributed by atoms with E-state index >= 15 is 0 Å². The minimum Gasteiger partial charge on any atom is -0.486 e. The highest BCUT2D eigenvalue weighted by atomic mass is 16.6. The molecule has 6 nitrogen and oxygen atoms in total. The molecule has 1 aliphatic heterocycles. The van der Waals surface area contributed by atoms with Crippen molar-refractivity contribution in [2.24, 2.45) is 0 Å². The lowest BCUT2D eigenvalue weighted by molar-refractivity contribution is -0.115. The van der Waals surface area contributed by atoms with Gasteiger partial charge in [-0.2, -0.15) is 0 Å². The summed E-state index contributed by atoms with van der Waals surface area (Å²) in [5, 5.41) is 5.83. The third kappa shape index (κ3) is 4.11. The second-order valence-electron chi connectivity index (χ2n) is 4.58. The second-order valence-corrected chi connectivity index (χ2v) is 4.58. The normalized spacial score (nSPS) is 14.7. The molecule has 0 fully saturated rings. The molecule has 1 aromatic rings. The van der Waals surface area contributed by atoms with E-state index in [4.69, 9.17) is 14.2 Å². The van der Waals surface area contributed by atoms with E-state index < -0.39 is 0 Å². The van der Waals surface area contributed by atoms with Gasteiger partial charge in [0.1, 0.15) is 13.2 Å². The van der Waals surface area contributed by atoms with Gasteiger partial charge in [0.05, 0.1) is 12.6 Å². The Morgan fingerprint density at radius 3 is 2.85 bits per heavy atom. The average molecular weight is 280 g/mol. The number of hydrogen-bond acceptors (Lipinski definition) is 5. The number of benzene rings is 1. The minimum absolute atomic E-state index is 0.0806. The quantitative estimate of drug-likeness (QED) is 0.814. The molecule has 1 amide bonds. The molecule has 20 heavy (non-hydrogen) atoms. The lowest BCUT2D eigenvalue weighted by Gasteiger charge is -2.19. The Hall–Kier alpha value is -1.79. The van der Waals surface area contributed by atoms with E-state index in [0.29, 0.717) is 36.9 Å². The molecule has 1 atom stereocenters. The van der Waals surface area contributed by atoms with Crippen molar-refractivity contribution >= 4 is 11.6 Å². The van der Waals surface area contributed by atoms with Gasteiger partial charge >= 0.3 is 0 Å². The van der Waals surface area contributed by atoms with Crippen molar-refractivity contribution in [1.82, 2.24) is 5.32 Å². The van der Waals surface area contributed by atoms with Gasteiger partial charge in [0.25, 0.3) is 0 Å². The van der Waals surface area contributed by atoms with Crippen LogP contribution < -0.4 is 20.1 Å². The topological polar surface area (TPSA) is 68.8 Å². The maximum atomic E-state index is 11.8. The van der Waals surface area contributed by atoms with Crippen molar-refractivity contribution in [2.45, 2.75) is 13.0 Å². The molecule has 1 aromatic carbocycles. The Bertz CT molecular complexity index is 464. The van der Waals surface area contributed by atoms with E-state index in [2.05, 4.69) is 10.6 Å². The first-order chi connectivity index (χ1) is 9.69. The van der Waals surface area contributed by atoms with Crippen molar-refractivity contribution in [2.75, 3.05) is 38.7 Å². The predicted octanol–water partition coefficient (Wildman–Crippen LogP) is 1.02. The van der Waals surface area contributed by atoms with Crippen molar-refractivity contribution in [3.05, 3.63) is 18.2 Å². The average Bonchev–Trinajstić information content (AvgIpc) is 2.47. The van der Waals surface area contributed by atoms with E-state index in [1.54, 1.807) is 25.3 Å². The summed E-state index contributed by atoms with van der Waals surface area (Å²) in [5.74, 6) is 1.27. The largest absolute Gasteiger partial charge is 0.486 e. The molecule has 6 heteroatoms. The summed E-state index contributed by atoms with van der Waals surface area (Å²) in [7, 11) is 1.64. The highest BCUT2D eigenvalue weighted by Gasteiger charge is 2.12. The molecule has 1 unspecified atom stereocenters. The number of rotatable bonds is 6. The monoisotopic (exact) mass is 280 g/mol. The predicted molar refractivity (Wildman–Crippen MR) is 75.4 cm³/mol. The van der Waals surface area contributed by atoms with E-state index in [1.165, 1.54) is 0 Å². The Morgan fingerprint density at radius 2 is 2.10 bits per heavy atom. The number of carbonyl (C=O) groups excluding carboxylic acids is 1. The van der Waals surface area contributed by atoms with Crippen molar-refractivity contribution in [3.8, 4) is 11.5 Å². The summed E-state index contributed by atoms with van der Waals surface area (Å²) in [6.45, 7) is 3.89. The molecule has 1 heterocycles. The zero-order chi connectivity index (χ0) is 14.4. The molecule has 110 valence electrons. The summed E-state index contributed by atoms with van der Waals surface area (Å²) in [5.41, 5.74) is 0.695. The van der Waals surface area contributed by atoms with Crippen LogP contribution in [0.2, 0.25) is 0 Å². The third-order valence-electron chi connectivity index (χ3n) is 2.95. The summed E-state index contributed by atoms with van der Waals surface area (Å²) in [4.78, 5) is 11.8. The molecule has 0 saturated heterocycles. The van der Waals surface area contributed by atoms with Gasteiger partial charge in [-0.25, -0.2) is 0 Å². The zero-order valence-corrected chi connectivity index (χ0v) is 11.8. The van der Waals surface area contributed by atoms with Gasteiger partial charge in [-0.05, 0) is 19.1 Å². The van der Waals surface area contributed by atoms with Crippen LogP contribution in [0, 0.1) is 0 Å². The Labute approximate surface area is 118 Å². The van der Waals surface area contributed by atoms with Crippen molar-refractivity contribution < 1.29 is 19.0 Å². The highest BCUT2D eigenvalue weighted by molar-refractivity contribution is 5.92. The molecule has 0 radical (unpaired) electrons. The molecule has 0 spiro atoms. The lowest BCUT2D eigenvalue weighted by atomic mass is 10.2. The number of fused-ring (bicyclic) bond motifs is 1. The third-order valence-corrected chi connectivity index (χ3v) is 2.95. The number of carbonyl (C=O) groups is 1. The Morgan fingerprint density at radius 1 is 1.35 bits per heavy atom. The van der Waals surface area contributed by atoms with Crippen LogP contribution in [0.1, 0.15) is 6.92 Å². The minimum atomic E-state index is -0.106. The fourth-order valence-electron chi connectivity index (χ4n) is 1.80. The number of ether oxygens (including phenoxy) is 3. The molecular formula is C14H20N2O4. The van der Waals surface area contributed by atoms with E-state index in [1.807, 2.05) is 6.92 Å². The van der Waals surface area contributed by atoms with Crippen LogP contribution in [0.15, 0.2) is 18.2 Å². The first-order valence-corrected chi connectivity index (χ1v) is 6.62. The highest BCUT2D eigenvalue weighted by Crippen LogP contribution is 2.32. The second kappa shape index (κ2) is 7.12. The standard InChI is InChI=1S/C14H20N2O4/c1-10(18-2)8-15-9-14(17)16-11-3-4-12-13(7-11)20-6-5-19-12/h3-4,7,10,15H,5-6,8-9H2,1-2H3,(H,16,17). The fraction of sp³-hybridized carbons (Fsp3) is 0.500. The van der Waals surface area contributed by atoms with E-state index in [0.717, 1.165) is 0 Å². The van der Waals surface area contributed by atoms with Crippen LogP contribution in [0.5, 0.6) is 11.5 Å². The Balaban J connectivity index is 1.82. The number of anilines is 1. The Kier molecular flexibility index (Phi) is 5.20. The molecule has 0 aliphatic carbocycles. The smallest absolute Gasteiger partial charge is 0.238 e. The molecule has 1 aliphatic rings. The van der Waals surface area contributed by atoms with Crippen LogP contribution in [-0.2, 0) is 9.53 Å². The first-order valence-electron chi connectivity index (χ1n) is 6.62. The molecule has 0 bridgehead atoms. The van der Waals surface area contributed by atoms with E-state index in [9.17, 15) is 4.79 Å². The molecule has 0 aromatic heterocycles. The van der Waals surface area contributed by atoms with Crippen molar-refractivity contribution in [1.29, 1.82) is 0 Å². The summed E-state index contributed by atoms with van der Waals surface area (Å²) in [6.07, 6.45) is 0.0806. The van der Waals surface area contributed by atoms with Gasteiger partial charge in [-0.3, -0.25) is 4.79 Å². The van der Waals surface area contributed by atoms with Crippen LogP contribution in [0.4, 0.5) is 5.69 Å². The van der Waals surface area contributed by atoms with Crippen LogP contribution >= 0.6 is 0 Å². The van der Waals surface area contributed by atoms with Gasteiger partial charge < -0.3 is 24.8 Å². The lowest BCUT2D eigenvalue weighted by Crippen LogP contribution is -2.33. The van der Waals surface area contributed by atoms with Gasteiger partial charge in [0.2, 0.25) is 5.91 Å². The first kappa shape index (κ1) is 14.6. The zero-order valence-electron chi connectivity index (χ0n) is 11.8. The maximum Gasteiger partial charge on any atom is 0.238 e. The molecule has 2 N–H and O–H groups in total. The summed E-state index contributed by atoms with van der Waals surface area (Å²) < 4.78 is 16.0. The number of methoxy groups -OCH3 is 1. The van der Waals surface area contributed by atoms with Crippen LogP contribution in [-0.4, -0.2) is 45.4 Å². The molecular weight excluding hydrogens is 260 g/mol. The van der Waals surface area contributed by atoms with Crippen molar-refractivity contribution in [3.63, 3.8) is 0 Å². The maximum absolute atomic E-state index is 11.8. The number of nitrogens with one attached hydrogen (secondary N) is 2. The number of amides is 1. The molecule has 0 saturated carbocycles. The van der Waals surface area contributed by atoms with Crippen LogP contribution in [0.25, 0.3) is 0 Å². The van der Waals surface area contributed by atoms with Gasteiger partial charge in [0.15, 0.2) is 11.5 Å². The van der Waals surface area contributed by atoms with Crippen LogP contribution in [0.3, 0.4) is 0 Å². The van der Waals surface area contributed by atoms with Gasteiger partial charge in [0, 0.05) is 25.4 Å². The SMILES string of the molecule is COC(C)CNCC(=O)Nc1ccc2c(c1)OCCO2. The van der Waals surface area contributed by atoms with E-state index in [-0.39, 0.29) is 18.6 Å². The summed E-state index contributed by atoms with van der Waals surface area (Å²) >= 11 is 0. The fourth-order valence-corrected chi connectivity index (χ4v) is 1.80. The van der Waals surface area contributed by atoms with Gasteiger partial charge in [-0.15, -0.1) is 0 Å². The molecule has 2 rings (SSSR count). The number of hydrogen-bond donors (Lipinski definition) is 2. The summed E-state index contributed by atoms with van der Waals surface area (Å²) in [6, 6.07) is 5.36.